The maximum atomic E-state index is 11.9. The topological polar surface area (TPSA) is 69.3 Å². The number of rotatable bonds is 4. The minimum absolute atomic E-state index is 0.144. The van der Waals surface area contributed by atoms with E-state index in [2.05, 4.69) is 9.97 Å². The number of carbonyl (C=O) groups is 2. The van der Waals surface area contributed by atoms with Crippen molar-refractivity contribution in [3.05, 3.63) is 18.2 Å². The molecular weight excluding hydrogens is 220 g/mol. The summed E-state index contributed by atoms with van der Waals surface area (Å²) >= 11 is 0. The number of amides is 2. The van der Waals surface area contributed by atoms with Crippen LogP contribution >= 0.6 is 0 Å². The van der Waals surface area contributed by atoms with Gasteiger partial charge in [0, 0.05) is 44.5 Å². The SMILES string of the molecule is O=CN1CCN(C(=O)CCc2cnc[nH]2)CC1. The molecule has 1 fully saturated rings. The van der Waals surface area contributed by atoms with Gasteiger partial charge in [0.15, 0.2) is 0 Å². The van der Waals surface area contributed by atoms with Crippen LogP contribution in [0.15, 0.2) is 12.5 Å². The van der Waals surface area contributed by atoms with Gasteiger partial charge in [-0.05, 0) is 6.42 Å². The fraction of sp³-hybridized carbons (Fsp3) is 0.545. The first-order valence-electron chi connectivity index (χ1n) is 5.74. The van der Waals surface area contributed by atoms with Gasteiger partial charge >= 0.3 is 0 Å². The average Bonchev–Trinajstić information content (AvgIpc) is 2.89. The zero-order valence-electron chi connectivity index (χ0n) is 9.63. The first-order valence-corrected chi connectivity index (χ1v) is 5.74. The van der Waals surface area contributed by atoms with Gasteiger partial charge in [-0.2, -0.15) is 0 Å². The summed E-state index contributed by atoms with van der Waals surface area (Å²) in [6, 6.07) is 0. The van der Waals surface area contributed by atoms with Gasteiger partial charge < -0.3 is 14.8 Å². The summed E-state index contributed by atoms with van der Waals surface area (Å²) in [5.74, 6) is 0.144. The summed E-state index contributed by atoms with van der Waals surface area (Å²) in [4.78, 5) is 32.8. The molecule has 6 nitrogen and oxygen atoms in total. The fourth-order valence-corrected chi connectivity index (χ4v) is 1.90. The van der Waals surface area contributed by atoms with Crippen LogP contribution in [0, 0.1) is 0 Å². The maximum Gasteiger partial charge on any atom is 0.223 e. The number of imidazole rings is 1. The maximum absolute atomic E-state index is 11.9. The number of aryl methyl sites for hydroxylation is 1. The highest BCUT2D eigenvalue weighted by Gasteiger charge is 2.19. The molecule has 92 valence electrons. The minimum atomic E-state index is 0.144. The molecule has 0 bridgehead atoms. The van der Waals surface area contributed by atoms with Crippen LogP contribution in [-0.4, -0.2) is 58.3 Å². The highest BCUT2D eigenvalue weighted by molar-refractivity contribution is 5.76. The third-order valence-electron chi connectivity index (χ3n) is 2.98. The molecule has 1 aromatic rings. The average molecular weight is 236 g/mol. The zero-order chi connectivity index (χ0) is 12.1. The van der Waals surface area contributed by atoms with Crippen LogP contribution in [0.3, 0.4) is 0 Å². The molecule has 1 N–H and O–H groups in total. The predicted octanol–water partition coefficient (Wildman–Crippen LogP) is -0.357. The quantitative estimate of drug-likeness (QED) is 0.726. The summed E-state index contributed by atoms with van der Waals surface area (Å²) in [7, 11) is 0. The molecular formula is C11H16N4O2. The summed E-state index contributed by atoms with van der Waals surface area (Å²) in [5, 5.41) is 0. The zero-order valence-corrected chi connectivity index (χ0v) is 9.63. The Morgan fingerprint density at radius 3 is 2.76 bits per heavy atom. The Morgan fingerprint density at radius 2 is 2.18 bits per heavy atom. The number of aromatic amines is 1. The van der Waals surface area contributed by atoms with Crippen LogP contribution < -0.4 is 0 Å². The first kappa shape index (κ1) is 11.6. The molecule has 0 saturated carbocycles. The van der Waals surface area contributed by atoms with Crippen LogP contribution in [0.1, 0.15) is 12.1 Å². The lowest BCUT2D eigenvalue weighted by Crippen LogP contribution is -2.48. The van der Waals surface area contributed by atoms with Gasteiger partial charge in [-0.15, -0.1) is 0 Å². The van der Waals surface area contributed by atoms with Crippen LogP contribution in [0.2, 0.25) is 0 Å². The number of hydrogen-bond donors (Lipinski definition) is 1. The van der Waals surface area contributed by atoms with Crippen LogP contribution in [0.4, 0.5) is 0 Å². The standard InChI is InChI=1S/C11H16N4O2/c16-9-14-3-5-15(6-4-14)11(17)2-1-10-7-12-8-13-10/h7-9H,1-6H2,(H,12,13). The molecule has 1 saturated heterocycles. The lowest BCUT2D eigenvalue weighted by molar-refractivity contribution is -0.135. The monoisotopic (exact) mass is 236 g/mol. The number of nitrogens with one attached hydrogen (secondary N) is 1. The van der Waals surface area contributed by atoms with Crippen molar-refractivity contribution in [2.75, 3.05) is 26.2 Å². The van der Waals surface area contributed by atoms with Crippen molar-refractivity contribution in [3.63, 3.8) is 0 Å². The molecule has 0 aliphatic carbocycles. The number of carbonyl (C=O) groups excluding carboxylic acids is 2. The van der Waals surface area contributed by atoms with Crippen LogP contribution in [0.25, 0.3) is 0 Å². The number of hydrogen-bond acceptors (Lipinski definition) is 3. The molecule has 1 aromatic heterocycles. The third kappa shape index (κ3) is 3.05. The second kappa shape index (κ2) is 5.47. The molecule has 2 amide bonds. The second-order valence-corrected chi connectivity index (χ2v) is 4.10. The Balaban J connectivity index is 1.75. The third-order valence-corrected chi connectivity index (χ3v) is 2.98. The fourth-order valence-electron chi connectivity index (χ4n) is 1.90. The number of aromatic nitrogens is 2. The lowest BCUT2D eigenvalue weighted by Gasteiger charge is -2.32. The molecule has 0 radical (unpaired) electrons. The van der Waals surface area contributed by atoms with E-state index in [1.165, 1.54) is 0 Å². The summed E-state index contributed by atoms with van der Waals surface area (Å²) in [6.45, 7) is 2.56. The van der Waals surface area contributed by atoms with Crippen molar-refractivity contribution in [2.45, 2.75) is 12.8 Å². The Hall–Kier alpha value is -1.85. The van der Waals surface area contributed by atoms with Gasteiger partial charge in [-0.3, -0.25) is 9.59 Å². The molecule has 0 unspecified atom stereocenters. The highest BCUT2D eigenvalue weighted by atomic mass is 16.2. The van der Waals surface area contributed by atoms with E-state index < -0.39 is 0 Å². The highest BCUT2D eigenvalue weighted by Crippen LogP contribution is 2.05. The largest absolute Gasteiger partial charge is 0.348 e. The van der Waals surface area contributed by atoms with E-state index >= 15 is 0 Å². The van der Waals surface area contributed by atoms with E-state index in [-0.39, 0.29) is 5.91 Å². The lowest BCUT2D eigenvalue weighted by atomic mass is 10.2. The number of piperazine rings is 1. The number of nitrogens with zero attached hydrogens (tertiary/aromatic N) is 3. The Morgan fingerprint density at radius 1 is 1.41 bits per heavy atom. The Bertz CT molecular complexity index is 369. The van der Waals surface area contributed by atoms with Crippen molar-refractivity contribution in [1.29, 1.82) is 0 Å². The Labute approximate surface area is 99.6 Å². The summed E-state index contributed by atoms with van der Waals surface area (Å²) in [6.07, 6.45) is 5.36. The van der Waals surface area contributed by atoms with Crippen LogP contribution in [0.5, 0.6) is 0 Å². The van der Waals surface area contributed by atoms with Gasteiger partial charge in [-0.25, -0.2) is 4.98 Å². The summed E-state index contributed by atoms with van der Waals surface area (Å²) in [5.41, 5.74) is 0.977. The van der Waals surface area contributed by atoms with Crippen molar-refractivity contribution in [2.24, 2.45) is 0 Å². The second-order valence-electron chi connectivity index (χ2n) is 4.10. The van der Waals surface area contributed by atoms with E-state index in [1.807, 2.05) is 4.90 Å². The van der Waals surface area contributed by atoms with E-state index in [0.717, 1.165) is 12.1 Å². The van der Waals surface area contributed by atoms with Gasteiger partial charge in [0.05, 0.1) is 6.33 Å². The van der Waals surface area contributed by atoms with Crippen molar-refractivity contribution in [1.82, 2.24) is 19.8 Å². The van der Waals surface area contributed by atoms with Gasteiger partial charge in [0.25, 0.3) is 0 Å². The van der Waals surface area contributed by atoms with Crippen molar-refractivity contribution < 1.29 is 9.59 Å². The molecule has 1 aliphatic rings. The molecule has 1 aliphatic heterocycles. The molecule has 17 heavy (non-hydrogen) atoms. The molecule has 0 atom stereocenters. The van der Waals surface area contributed by atoms with E-state index in [9.17, 15) is 9.59 Å². The molecule has 0 spiro atoms. The van der Waals surface area contributed by atoms with Gasteiger partial charge in [-0.1, -0.05) is 0 Å². The van der Waals surface area contributed by atoms with Crippen molar-refractivity contribution >= 4 is 12.3 Å². The molecule has 6 heteroatoms. The molecule has 2 rings (SSSR count). The molecule has 0 aromatic carbocycles. The predicted molar refractivity (Wildman–Crippen MR) is 61.1 cm³/mol. The molecule has 2 heterocycles. The van der Waals surface area contributed by atoms with Crippen molar-refractivity contribution in [3.8, 4) is 0 Å². The summed E-state index contributed by atoms with van der Waals surface area (Å²) < 4.78 is 0. The number of H-pyrrole nitrogens is 1. The minimum Gasteiger partial charge on any atom is -0.348 e. The van der Waals surface area contributed by atoms with Gasteiger partial charge in [0.2, 0.25) is 12.3 Å². The normalized spacial score (nSPS) is 16.0. The van der Waals surface area contributed by atoms with Gasteiger partial charge in [0.1, 0.15) is 0 Å². The Kier molecular flexibility index (Phi) is 3.74. The van der Waals surface area contributed by atoms with E-state index in [1.54, 1.807) is 17.4 Å². The van der Waals surface area contributed by atoms with E-state index in [0.29, 0.717) is 39.0 Å². The van der Waals surface area contributed by atoms with Crippen LogP contribution in [-0.2, 0) is 16.0 Å². The smallest absolute Gasteiger partial charge is 0.223 e. The van der Waals surface area contributed by atoms with E-state index in [4.69, 9.17) is 0 Å². The first-order chi connectivity index (χ1) is 8.29.